The van der Waals surface area contributed by atoms with Crippen LogP contribution in [0, 0.1) is 0 Å². The first-order valence-corrected chi connectivity index (χ1v) is 7.25. The number of benzene rings is 2. The fraction of sp³-hybridized carbons (Fsp3) is 0.0625. The van der Waals surface area contributed by atoms with Gasteiger partial charge >= 0.3 is 0 Å². The molecule has 0 saturated carbocycles. The maximum atomic E-state index is 5.88. The Kier molecular flexibility index (Phi) is 5.18. The number of halogens is 2. The van der Waals surface area contributed by atoms with Gasteiger partial charge in [0.2, 0.25) is 5.52 Å². The van der Waals surface area contributed by atoms with E-state index in [-0.39, 0.29) is 24.0 Å². The van der Waals surface area contributed by atoms with Crippen molar-refractivity contribution in [3.63, 3.8) is 0 Å². The topological polar surface area (TPSA) is 3.88 Å². The van der Waals surface area contributed by atoms with Crippen molar-refractivity contribution < 1.29 is 28.5 Å². The number of fused-ring (bicyclic) bond motifs is 1. The molecule has 0 radical (unpaired) electrons. The molecule has 0 bridgehead atoms. The summed E-state index contributed by atoms with van der Waals surface area (Å²) in [6.07, 6.45) is 4.26. The molecular weight excluding hydrogens is 401 g/mol. The predicted octanol–water partition coefficient (Wildman–Crippen LogP) is 1.55. The average molecular weight is 414 g/mol. The van der Waals surface area contributed by atoms with Crippen LogP contribution in [-0.2, 0) is 7.05 Å². The van der Waals surface area contributed by atoms with E-state index in [2.05, 4.69) is 48.0 Å². The molecule has 0 aliphatic carbocycles. The lowest BCUT2D eigenvalue weighted by molar-refractivity contribution is -0.642. The summed E-state index contributed by atoms with van der Waals surface area (Å²) < 4.78 is 3.52. The molecule has 3 rings (SSSR count). The molecule has 1 heterocycles. The Morgan fingerprint density at radius 3 is 2.40 bits per heavy atom. The standard InChI is InChI=1S/C16H13ClNS.HI/c1-18-14-4-2-3-5-15(14)19-16(18)11-8-12-6-9-13(17)10-7-12;/h2-11H,1H3;1H/q+1;/p-1/b11-8+;. The van der Waals surface area contributed by atoms with Gasteiger partial charge in [0.05, 0.1) is 0 Å². The molecule has 1 aromatic heterocycles. The molecule has 0 spiro atoms. The Balaban J connectivity index is 0.00000147. The minimum Gasteiger partial charge on any atom is -1.00 e. The second-order valence-corrected chi connectivity index (χ2v) is 5.85. The molecule has 2 aromatic carbocycles. The maximum absolute atomic E-state index is 5.88. The minimum absolute atomic E-state index is 0. The highest BCUT2D eigenvalue weighted by molar-refractivity contribution is 7.18. The van der Waals surface area contributed by atoms with Crippen LogP contribution in [0.5, 0.6) is 0 Å². The summed E-state index contributed by atoms with van der Waals surface area (Å²) in [5.41, 5.74) is 2.42. The molecule has 3 aromatic rings. The number of hydrogen-bond acceptors (Lipinski definition) is 1. The molecule has 0 aliphatic rings. The fourth-order valence-corrected chi connectivity index (χ4v) is 3.19. The first kappa shape index (κ1) is 15.5. The normalized spacial score (nSPS) is 10.9. The first-order valence-electron chi connectivity index (χ1n) is 6.05. The quantitative estimate of drug-likeness (QED) is 0.443. The Bertz CT molecular complexity index is 747. The molecule has 1 nitrogen and oxygen atoms in total. The molecule has 0 aliphatic heterocycles. The van der Waals surface area contributed by atoms with E-state index in [0.29, 0.717) is 0 Å². The Morgan fingerprint density at radius 2 is 1.70 bits per heavy atom. The van der Waals surface area contributed by atoms with Gasteiger partial charge in [0.1, 0.15) is 11.7 Å². The highest BCUT2D eigenvalue weighted by Crippen LogP contribution is 2.21. The SMILES string of the molecule is C[n+]1c(/C=C/c2ccc(Cl)cc2)sc2ccccc21.[I-]. The monoisotopic (exact) mass is 413 g/mol. The number of rotatable bonds is 2. The van der Waals surface area contributed by atoms with Gasteiger partial charge in [-0.15, -0.1) is 0 Å². The maximum Gasteiger partial charge on any atom is 0.262 e. The lowest BCUT2D eigenvalue weighted by Gasteiger charge is -1.92. The molecule has 0 saturated heterocycles. The molecule has 0 fully saturated rings. The van der Waals surface area contributed by atoms with Crippen molar-refractivity contribution in [3.05, 3.63) is 64.1 Å². The number of nitrogens with zero attached hydrogens (tertiary/aromatic N) is 1. The van der Waals surface area contributed by atoms with E-state index < -0.39 is 0 Å². The number of thiazole rings is 1. The molecule has 0 atom stereocenters. The van der Waals surface area contributed by atoms with Crippen LogP contribution in [0.25, 0.3) is 22.4 Å². The van der Waals surface area contributed by atoms with Gasteiger partial charge in [0.15, 0.2) is 0 Å². The Labute approximate surface area is 144 Å². The van der Waals surface area contributed by atoms with Crippen LogP contribution >= 0.6 is 22.9 Å². The highest BCUT2D eigenvalue weighted by atomic mass is 127. The van der Waals surface area contributed by atoms with Crippen molar-refractivity contribution in [2.45, 2.75) is 0 Å². The molecule has 0 amide bonds. The predicted molar refractivity (Wildman–Crippen MR) is 83.4 cm³/mol. The Morgan fingerprint density at radius 1 is 1.00 bits per heavy atom. The van der Waals surface area contributed by atoms with Gasteiger partial charge in [0.25, 0.3) is 5.01 Å². The molecule has 20 heavy (non-hydrogen) atoms. The van der Waals surface area contributed by atoms with Crippen molar-refractivity contribution in [2.24, 2.45) is 7.05 Å². The van der Waals surface area contributed by atoms with Crippen LogP contribution in [0.3, 0.4) is 0 Å². The average Bonchev–Trinajstić information content (AvgIpc) is 2.76. The molecule has 4 heteroatoms. The zero-order chi connectivity index (χ0) is 13.2. The number of aromatic nitrogens is 1. The van der Waals surface area contributed by atoms with Crippen molar-refractivity contribution in [1.29, 1.82) is 0 Å². The van der Waals surface area contributed by atoms with Crippen LogP contribution in [0.1, 0.15) is 10.6 Å². The number of aryl methyl sites for hydroxylation is 1. The summed E-state index contributed by atoms with van der Waals surface area (Å²) in [6.45, 7) is 0. The van der Waals surface area contributed by atoms with Crippen LogP contribution < -0.4 is 28.5 Å². The van der Waals surface area contributed by atoms with E-state index in [1.807, 2.05) is 24.3 Å². The minimum atomic E-state index is 0. The number of para-hydroxylation sites is 1. The zero-order valence-electron chi connectivity index (χ0n) is 10.9. The van der Waals surface area contributed by atoms with E-state index in [0.717, 1.165) is 10.6 Å². The second kappa shape index (κ2) is 6.70. The highest BCUT2D eigenvalue weighted by Gasteiger charge is 2.12. The third-order valence-corrected chi connectivity index (χ3v) is 4.50. The third kappa shape index (κ3) is 3.22. The summed E-state index contributed by atoms with van der Waals surface area (Å²) in [6, 6.07) is 16.3. The summed E-state index contributed by atoms with van der Waals surface area (Å²) in [4.78, 5) is 0. The van der Waals surface area contributed by atoms with E-state index in [9.17, 15) is 0 Å². The van der Waals surface area contributed by atoms with Crippen molar-refractivity contribution in [2.75, 3.05) is 0 Å². The van der Waals surface area contributed by atoms with Gasteiger partial charge < -0.3 is 24.0 Å². The second-order valence-electron chi connectivity index (χ2n) is 4.35. The van der Waals surface area contributed by atoms with Gasteiger partial charge in [-0.25, -0.2) is 0 Å². The van der Waals surface area contributed by atoms with Crippen LogP contribution in [0.15, 0.2) is 48.5 Å². The first-order chi connectivity index (χ1) is 9.24. The van der Waals surface area contributed by atoms with Crippen molar-refractivity contribution >= 4 is 45.3 Å². The smallest absolute Gasteiger partial charge is 0.262 e. The van der Waals surface area contributed by atoms with Crippen molar-refractivity contribution in [1.82, 2.24) is 0 Å². The molecular formula is C16H13ClINS. The lowest BCUT2D eigenvalue weighted by atomic mass is 10.2. The van der Waals surface area contributed by atoms with Gasteiger partial charge in [0, 0.05) is 17.2 Å². The van der Waals surface area contributed by atoms with Gasteiger partial charge in [-0.3, -0.25) is 0 Å². The van der Waals surface area contributed by atoms with E-state index in [1.165, 1.54) is 15.2 Å². The summed E-state index contributed by atoms with van der Waals surface area (Å²) in [5.74, 6) is 0. The molecule has 0 N–H and O–H groups in total. The van der Waals surface area contributed by atoms with Crippen LogP contribution in [0.2, 0.25) is 5.02 Å². The third-order valence-electron chi connectivity index (χ3n) is 3.06. The van der Waals surface area contributed by atoms with E-state index >= 15 is 0 Å². The Hall–Kier alpha value is -0.910. The fourth-order valence-electron chi connectivity index (χ4n) is 2.01. The van der Waals surface area contributed by atoms with Crippen molar-refractivity contribution in [3.8, 4) is 0 Å². The summed E-state index contributed by atoms with van der Waals surface area (Å²) >= 11 is 7.68. The largest absolute Gasteiger partial charge is 1.00 e. The van der Waals surface area contributed by atoms with Gasteiger partial charge in [-0.05, 0) is 29.8 Å². The van der Waals surface area contributed by atoms with Crippen LogP contribution in [-0.4, -0.2) is 0 Å². The lowest BCUT2D eigenvalue weighted by Crippen LogP contribution is -3.00. The number of hydrogen-bond donors (Lipinski definition) is 0. The summed E-state index contributed by atoms with van der Waals surface area (Å²) in [7, 11) is 2.10. The van der Waals surface area contributed by atoms with Gasteiger partial charge in [-0.2, -0.15) is 4.57 Å². The van der Waals surface area contributed by atoms with Gasteiger partial charge in [-0.1, -0.05) is 47.2 Å². The zero-order valence-corrected chi connectivity index (χ0v) is 14.6. The van der Waals surface area contributed by atoms with Crippen LogP contribution in [0.4, 0.5) is 0 Å². The molecule has 0 unspecified atom stereocenters. The molecule has 102 valence electrons. The van der Waals surface area contributed by atoms with E-state index in [1.54, 1.807) is 11.3 Å². The summed E-state index contributed by atoms with van der Waals surface area (Å²) in [5, 5.41) is 2.00. The van der Waals surface area contributed by atoms with E-state index in [4.69, 9.17) is 11.6 Å².